The summed E-state index contributed by atoms with van der Waals surface area (Å²) >= 11 is 6.73. The van der Waals surface area contributed by atoms with Crippen molar-refractivity contribution in [3.05, 3.63) is 80.6 Å². The molecule has 0 aliphatic carbocycles. The Balaban J connectivity index is 1.48. The normalized spacial score (nSPS) is 17.6. The number of thiocarbonyl (C=S) groups is 1. The van der Waals surface area contributed by atoms with Crippen molar-refractivity contribution in [3.8, 4) is 0 Å². The molecule has 2 aromatic heterocycles. The molecule has 10 heteroatoms. The molecular weight excluding hydrogens is 520 g/mol. The molecule has 2 fully saturated rings. The topological polar surface area (TPSA) is 84.2 Å². The standard InChI is InChI=1S/C28H28N4O4S2/c1-3-36-27(35)20-11-14-30(15-12-20)24-21(25(33)31-13-5-4-6-23(31)29-24)16-22-26(34)32(28(37)38-22)17-19-9-7-18(2)8-10-19/h4-10,13,16,20H,3,11-12,14-15,17H2,1-2H3/b22-16-. The second-order valence-electron chi connectivity index (χ2n) is 9.35. The van der Waals surface area contributed by atoms with Gasteiger partial charge in [-0.1, -0.05) is 59.9 Å². The van der Waals surface area contributed by atoms with Gasteiger partial charge in [-0.15, -0.1) is 0 Å². The van der Waals surface area contributed by atoms with Crippen LogP contribution in [0.25, 0.3) is 11.7 Å². The van der Waals surface area contributed by atoms with E-state index in [2.05, 4.69) is 0 Å². The van der Waals surface area contributed by atoms with E-state index in [-0.39, 0.29) is 23.4 Å². The lowest BCUT2D eigenvalue weighted by molar-refractivity contribution is -0.148. The number of carbonyl (C=O) groups is 2. The van der Waals surface area contributed by atoms with Crippen LogP contribution in [0.4, 0.5) is 5.82 Å². The summed E-state index contributed by atoms with van der Waals surface area (Å²) in [7, 11) is 0. The highest BCUT2D eigenvalue weighted by Crippen LogP contribution is 2.35. The molecule has 0 radical (unpaired) electrons. The van der Waals surface area contributed by atoms with Gasteiger partial charge in [0.2, 0.25) is 0 Å². The number of piperidine rings is 1. The first kappa shape index (κ1) is 26.1. The van der Waals surface area contributed by atoms with Gasteiger partial charge in [0, 0.05) is 19.3 Å². The zero-order valence-electron chi connectivity index (χ0n) is 21.3. The number of benzene rings is 1. The number of hydrogen-bond donors (Lipinski definition) is 0. The number of fused-ring (bicyclic) bond motifs is 1. The molecule has 2 aliphatic rings. The van der Waals surface area contributed by atoms with Gasteiger partial charge in [-0.05, 0) is 50.5 Å². The number of hydrogen-bond acceptors (Lipinski definition) is 8. The predicted octanol–water partition coefficient (Wildman–Crippen LogP) is 4.18. The Morgan fingerprint density at radius 3 is 2.61 bits per heavy atom. The number of aromatic nitrogens is 2. The minimum absolute atomic E-state index is 0.172. The van der Waals surface area contributed by atoms with E-state index in [1.54, 1.807) is 36.2 Å². The fraction of sp³-hybridized carbons (Fsp3) is 0.321. The van der Waals surface area contributed by atoms with Crippen LogP contribution in [-0.4, -0.2) is 50.2 Å². The number of ether oxygens (including phenoxy) is 1. The predicted molar refractivity (Wildman–Crippen MR) is 153 cm³/mol. The molecule has 1 amide bonds. The molecule has 0 N–H and O–H groups in total. The Kier molecular flexibility index (Phi) is 7.62. The summed E-state index contributed by atoms with van der Waals surface area (Å²) in [4.78, 5) is 48.0. The van der Waals surface area contributed by atoms with Crippen molar-refractivity contribution < 1.29 is 14.3 Å². The number of anilines is 1. The Bertz CT molecular complexity index is 1490. The molecule has 0 saturated carbocycles. The Hall–Kier alpha value is -3.50. The maximum atomic E-state index is 13.6. The summed E-state index contributed by atoms with van der Waals surface area (Å²) in [6, 6.07) is 13.3. The van der Waals surface area contributed by atoms with Gasteiger partial charge in [0.05, 0.1) is 29.5 Å². The van der Waals surface area contributed by atoms with Gasteiger partial charge in [0.1, 0.15) is 15.8 Å². The van der Waals surface area contributed by atoms with E-state index in [4.69, 9.17) is 21.9 Å². The van der Waals surface area contributed by atoms with Gasteiger partial charge < -0.3 is 9.64 Å². The third-order valence-corrected chi connectivity index (χ3v) is 8.15. The van der Waals surface area contributed by atoms with Crippen LogP contribution >= 0.6 is 24.0 Å². The fourth-order valence-electron chi connectivity index (χ4n) is 4.69. The maximum absolute atomic E-state index is 13.6. The highest BCUT2D eigenvalue weighted by Gasteiger charge is 2.34. The Morgan fingerprint density at radius 1 is 1.16 bits per heavy atom. The Morgan fingerprint density at radius 2 is 1.89 bits per heavy atom. The molecule has 38 heavy (non-hydrogen) atoms. The lowest BCUT2D eigenvalue weighted by atomic mass is 9.96. The molecule has 1 aromatic carbocycles. The zero-order valence-corrected chi connectivity index (χ0v) is 22.9. The van der Waals surface area contributed by atoms with Crippen molar-refractivity contribution in [2.24, 2.45) is 5.92 Å². The van der Waals surface area contributed by atoms with E-state index < -0.39 is 0 Å². The van der Waals surface area contributed by atoms with Crippen molar-refractivity contribution >= 4 is 57.7 Å². The largest absolute Gasteiger partial charge is 0.466 e. The number of carbonyl (C=O) groups excluding carboxylic acids is 2. The first-order chi connectivity index (χ1) is 18.4. The molecule has 8 nitrogen and oxygen atoms in total. The number of aryl methyl sites for hydroxylation is 1. The summed E-state index contributed by atoms with van der Waals surface area (Å²) in [6.07, 6.45) is 4.50. The first-order valence-corrected chi connectivity index (χ1v) is 13.8. The molecule has 4 heterocycles. The van der Waals surface area contributed by atoms with Crippen molar-refractivity contribution in [2.45, 2.75) is 33.2 Å². The maximum Gasteiger partial charge on any atom is 0.309 e. The van der Waals surface area contributed by atoms with E-state index in [1.807, 2.05) is 42.2 Å². The van der Waals surface area contributed by atoms with Crippen LogP contribution in [0, 0.1) is 12.8 Å². The quantitative estimate of drug-likeness (QED) is 0.258. The van der Waals surface area contributed by atoms with E-state index in [0.717, 1.165) is 11.1 Å². The van der Waals surface area contributed by atoms with Gasteiger partial charge in [0.15, 0.2) is 0 Å². The second-order valence-corrected chi connectivity index (χ2v) is 11.0. The molecule has 196 valence electrons. The summed E-state index contributed by atoms with van der Waals surface area (Å²) in [5.74, 6) is -0.0807. The number of rotatable bonds is 6. The van der Waals surface area contributed by atoms with Crippen molar-refractivity contribution in [1.29, 1.82) is 0 Å². The number of thioether (sulfide) groups is 1. The van der Waals surface area contributed by atoms with E-state index >= 15 is 0 Å². The molecule has 5 rings (SSSR count). The number of esters is 1. The van der Waals surface area contributed by atoms with Gasteiger partial charge in [-0.25, -0.2) is 4.98 Å². The molecule has 0 spiro atoms. The van der Waals surface area contributed by atoms with Crippen LogP contribution in [0.5, 0.6) is 0 Å². The van der Waals surface area contributed by atoms with Crippen molar-refractivity contribution in [1.82, 2.24) is 14.3 Å². The highest BCUT2D eigenvalue weighted by molar-refractivity contribution is 8.26. The summed E-state index contributed by atoms with van der Waals surface area (Å²) in [5.41, 5.74) is 2.71. The summed E-state index contributed by atoms with van der Waals surface area (Å²) in [6.45, 7) is 5.64. The van der Waals surface area contributed by atoms with Crippen LogP contribution in [0.3, 0.4) is 0 Å². The average Bonchev–Trinajstić information content (AvgIpc) is 3.19. The van der Waals surface area contributed by atoms with E-state index in [1.165, 1.54) is 16.2 Å². The third-order valence-electron chi connectivity index (χ3n) is 6.77. The molecule has 3 aromatic rings. The first-order valence-electron chi connectivity index (χ1n) is 12.6. The highest BCUT2D eigenvalue weighted by atomic mass is 32.2. The molecule has 0 atom stereocenters. The van der Waals surface area contributed by atoms with E-state index in [9.17, 15) is 14.4 Å². The van der Waals surface area contributed by atoms with Crippen LogP contribution in [0.2, 0.25) is 0 Å². The van der Waals surface area contributed by atoms with Crippen LogP contribution in [-0.2, 0) is 20.9 Å². The second kappa shape index (κ2) is 11.1. The van der Waals surface area contributed by atoms with Crippen LogP contribution < -0.4 is 10.5 Å². The minimum Gasteiger partial charge on any atom is -0.466 e. The summed E-state index contributed by atoms with van der Waals surface area (Å²) in [5, 5.41) is 0. The SMILES string of the molecule is CCOC(=O)C1CCN(c2nc3ccccn3c(=O)c2/C=C2\SC(=S)N(Cc3ccc(C)cc3)C2=O)CC1. The third kappa shape index (κ3) is 5.23. The van der Waals surface area contributed by atoms with Gasteiger partial charge >= 0.3 is 5.97 Å². The smallest absolute Gasteiger partial charge is 0.309 e. The van der Waals surface area contributed by atoms with Gasteiger partial charge in [-0.3, -0.25) is 23.7 Å². The fourth-order valence-corrected chi connectivity index (χ4v) is 5.93. The molecule has 2 saturated heterocycles. The zero-order chi connectivity index (χ0) is 26.8. The molecule has 0 unspecified atom stereocenters. The monoisotopic (exact) mass is 548 g/mol. The van der Waals surface area contributed by atoms with E-state index in [0.29, 0.717) is 65.3 Å². The van der Waals surface area contributed by atoms with Crippen LogP contribution in [0.15, 0.2) is 58.4 Å². The summed E-state index contributed by atoms with van der Waals surface area (Å²) < 4.78 is 7.13. The molecule has 2 aliphatic heterocycles. The lowest BCUT2D eigenvalue weighted by Crippen LogP contribution is -2.39. The number of pyridine rings is 1. The lowest BCUT2D eigenvalue weighted by Gasteiger charge is -2.32. The number of nitrogens with zero attached hydrogens (tertiary/aromatic N) is 4. The molecule has 0 bridgehead atoms. The van der Waals surface area contributed by atoms with Crippen molar-refractivity contribution in [3.63, 3.8) is 0 Å². The Labute approximate surface area is 230 Å². The van der Waals surface area contributed by atoms with Crippen LogP contribution in [0.1, 0.15) is 36.5 Å². The number of amides is 1. The average molecular weight is 549 g/mol. The van der Waals surface area contributed by atoms with Crippen molar-refractivity contribution in [2.75, 3.05) is 24.6 Å². The minimum atomic E-state index is -0.262. The molecular formula is C28H28N4O4S2. The van der Waals surface area contributed by atoms with Gasteiger partial charge in [-0.2, -0.15) is 0 Å². The van der Waals surface area contributed by atoms with Gasteiger partial charge in [0.25, 0.3) is 11.5 Å².